The Kier molecular flexibility index (Phi) is 5.56. The molecule has 0 aliphatic carbocycles. The number of hydrogen-bond donors (Lipinski definition) is 1. The maximum Gasteiger partial charge on any atom is 0.270 e. The first-order valence-corrected chi connectivity index (χ1v) is 8.61. The van der Waals surface area contributed by atoms with Crippen molar-refractivity contribution in [2.45, 2.75) is 6.42 Å². The summed E-state index contributed by atoms with van der Waals surface area (Å²) in [5.41, 5.74) is 5.70. The number of likely N-dealkylation sites (tertiary alicyclic amines) is 1. The van der Waals surface area contributed by atoms with Crippen molar-refractivity contribution in [1.29, 1.82) is 0 Å². The average Bonchev–Trinajstić information content (AvgIpc) is 3.17. The highest BCUT2D eigenvalue weighted by Gasteiger charge is 2.29. The van der Waals surface area contributed by atoms with E-state index in [9.17, 15) is 14.9 Å². The molecule has 8 nitrogen and oxygen atoms in total. The first-order chi connectivity index (χ1) is 13.0. The number of benzene rings is 2. The molecule has 2 aromatic rings. The fourth-order valence-electron chi connectivity index (χ4n) is 3.04. The Bertz CT molecular complexity index is 838. The quantitative estimate of drug-likeness (QED) is 0.618. The van der Waals surface area contributed by atoms with Gasteiger partial charge in [-0.25, -0.2) is 0 Å². The first-order valence-electron chi connectivity index (χ1n) is 8.61. The molecule has 142 valence electrons. The Morgan fingerprint density at radius 3 is 2.56 bits per heavy atom. The summed E-state index contributed by atoms with van der Waals surface area (Å²) in [6, 6.07) is 10.9. The molecule has 1 fully saturated rings. The van der Waals surface area contributed by atoms with Crippen LogP contribution in [-0.4, -0.2) is 42.5 Å². The van der Waals surface area contributed by atoms with Gasteiger partial charge in [0.05, 0.1) is 17.6 Å². The van der Waals surface area contributed by atoms with Gasteiger partial charge in [0.15, 0.2) is 0 Å². The minimum Gasteiger partial charge on any atom is -0.497 e. The first kappa shape index (κ1) is 18.7. The van der Waals surface area contributed by atoms with Crippen LogP contribution in [0.1, 0.15) is 16.8 Å². The molecule has 0 radical (unpaired) electrons. The summed E-state index contributed by atoms with van der Waals surface area (Å²) >= 11 is 0. The maximum atomic E-state index is 13.0. The lowest BCUT2D eigenvalue weighted by atomic mass is 10.1. The maximum absolute atomic E-state index is 13.0. The molecule has 1 unspecified atom stereocenters. The molecular weight excluding hydrogens is 350 g/mol. The molecule has 2 aromatic carbocycles. The van der Waals surface area contributed by atoms with Gasteiger partial charge in [-0.15, -0.1) is 0 Å². The third-order valence-electron chi connectivity index (χ3n) is 4.60. The Morgan fingerprint density at radius 1 is 1.26 bits per heavy atom. The van der Waals surface area contributed by atoms with Crippen LogP contribution >= 0.6 is 0 Å². The van der Waals surface area contributed by atoms with E-state index in [0.29, 0.717) is 31.1 Å². The van der Waals surface area contributed by atoms with Gasteiger partial charge < -0.3 is 20.1 Å². The zero-order chi connectivity index (χ0) is 19.4. The van der Waals surface area contributed by atoms with Crippen molar-refractivity contribution in [3.8, 4) is 17.2 Å². The lowest BCUT2D eigenvalue weighted by molar-refractivity contribution is -0.384. The molecule has 1 atom stereocenters. The SMILES string of the molecule is COc1ccc(Oc2ccc([N+](=O)[O-])cc2C(=O)N2CCC(CN)C2)cc1. The van der Waals surface area contributed by atoms with Crippen molar-refractivity contribution >= 4 is 11.6 Å². The topological polar surface area (TPSA) is 108 Å². The lowest BCUT2D eigenvalue weighted by Gasteiger charge is -2.18. The van der Waals surface area contributed by atoms with Crippen LogP contribution in [0.2, 0.25) is 0 Å². The monoisotopic (exact) mass is 371 g/mol. The van der Waals surface area contributed by atoms with Crippen LogP contribution in [0.4, 0.5) is 5.69 Å². The fourth-order valence-corrected chi connectivity index (χ4v) is 3.04. The molecule has 0 saturated carbocycles. The van der Waals surface area contributed by atoms with E-state index in [0.717, 1.165) is 6.42 Å². The summed E-state index contributed by atoms with van der Waals surface area (Å²) in [6.07, 6.45) is 0.825. The van der Waals surface area contributed by atoms with Gasteiger partial charge in [0, 0.05) is 25.2 Å². The van der Waals surface area contributed by atoms with Crippen LogP contribution in [0.15, 0.2) is 42.5 Å². The summed E-state index contributed by atoms with van der Waals surface area (Å²) in [6.45, 7) is 1.62. The number of hydrogen-bond acceptors (Lipinski definition) is 6. The number of carbonyl (C=O) groups excluding carboxylic acids is 1. The Labute approximate surface area is 156 Å². The Hall–Kier alpha value is -3.13. The predicted octanol–water partition coefficient (Wildman–Crippen LogP) is 2.82. The Morgan fingerprint density at radius 2 is 1.96 bits per heavy atom. The summed E-state index contributed by atoms with van der Waals surface area (Å²) < 4.78 is 10.9. The van der Waals surface area contributed by atoms with E-state index in [1.165, 1.54) is 18.2 Å². The van der Waals surface area contributed by atoms with Crippen LogP contribution in [0.25, 0.3) is 0 Å². The van der Waals surface area contributed by atoms with Crippen LogP contribution in [-0.2, 0) is 0 Å². The second-order valence-electron chi connectivity index (χ2n) is 6.36. The molecule has 2 N–H and O–H groups in total. The van der Waals surface area contributed by atoms with E-state index in [1.54, 1.807) is 36.3 Å². The number of nitrogens with zero attached hydrogens (tertiary/aromatic N) is 2. The summed E-state index contributed by atoms with van der Waals surface area (Å²) in [7, 11) is 1.56. The molecule has 8 heteroatoms. The molecule has 1 aliphatic rings. The third-order valence-corrected chi connectivity index (χ3v) is 4.60. The van der Waals surface area contributed by atoms with E-state index in [1.807, 2.05) is 0 Å². The molecular formula is C19H21N3O5. The minimum absolute atomic E-state index is 0.157. The highest BCUT2D eigenvalue weighted by atomic mass is 16.6. The number of non-ortho nitro benzene ring substituents is 1. The van der Waals surface area contributed by atoms with Crippen LogP contribution in [0.5, 0.6) is 17.2 Å². The highest BCUT2D eigenvalue weighted by molar-refractivity contribution is 5.98. The minimum atomic E-state index is -0.527. The number of rotatable bonds is 6. The molecule has 0 aromatic heterocycles. The fraction of sp³-hybridized carbons (Fsp3) is 0.316. The second-order valence-corrected chi connectivity index (χ2v) is 6.36. The highest BCUT2D eigenvalue weighted by Crippen LogP contribution is 2.31. The largest absolute Gasteiger partial charge is 0.497 e. The second kappa shape index (κ2) is 8.05. The van der Waals surface area contributed by atoms with E-state index in [4.69, 9.17) is 15.2 Å². The predicted molar refractivity (Wildman–Crippen MR) is 99.2 cm³/mol. The molecule has 1 amide bonds. The molecule has 1 saturated heterocycles. The molecule has 0 bridgehead atoms. The van der Waals surface area contributed by atoms with Crippen molar-refractivity contribution in [2.75, 3.05) is 26.7 Å². The lowest BCUT2D eigenvalue weighted by Crippen LogP contribution is -2.30. The number of ether oxygens (including phenoxy) is 2. The van der Waals surface area contributed by atoms with E-state index in [2.05, 4.69) is 0 Å². The Balaban J connectivity index is 1.90. The van der Waals surface area contributed by atoms with Crippen LogP contribution in [0, 0.1) is 16.0 Å². The van der Waals surface area contributed by atoms with Crippen molar-refractivity contribution in [2.24, 2.45) is 11.7 Å². The van der Waals surface area contributed by atoms with Gasteiger partial charge in [0.25, 0.3) is 11.6 Å². The number of methoxy groups -OCH3 is 1. The van der Waals surface area contributed by atoms with Gasteiger partial charge in [-0.2, -0.15) is 0 Å². The zero-order valence-electron chi connectivity index (χ0n) is 15.0. The van der Waals surface area contributed by atoms with E-state index >= 15 is 0 Å². The van der Waals surface area contributed by atoms with Crippen molar-refractivity contribution in [3.63, 3.8) is 0 Å². The standard InChI is InChI=1S/C19H21N3O5/c1-26-15-3-5-16(6-4-15)27-18-7-2-14(22(24)25)10-17(18)19(23)21-9-8-13(11-20)12-21/h2-7,10,13H,8-9,11-12,20H2,1H3. The molecule has 27 heavy (non-hydrogen) atoms. The van der Waals surface area contributed by atoms with Gasteiger partial charge in [-0.3, -0.25) is 14.9 Å². The van der Waals surface area contributed by atoms with Gasteiger partial charge in [0.1, 0.15) is 17.2 Å². The molecule has 3 rings (SSSR count). The van der Waals surface area contributed by atoms with E-state index < -0.39 is 4.92 Å². The number of nitrogens with two attached hydrogens (primary N) is 1. The molecule has 1 heterocycles. The summed E-state index contributed by atoms with van der Waals surface area (Å²) in [4.78, 5) is 25.2. The number of carbonyl (C=O) groups is 1. The number of amides is 1. The van der Waals surface area contributed by atoms with Crippen LogP contribution < -0.4 is 15.2 Å². The molecule has 0 spiro atoms. The van der Waals surface area contributed by atoms with Crippen LogP contribution in [0.3, 0.4) is 0 Å². The van der Waals surface area contributed by atoms with Crippen molar-refractivity contribution in [1.82, 2.24) is 4.90 Å². The van der Waals surface area contributed by atoms with Gasteiger partial charge in [-0.1, -0.05) is 0 Å². The van der Waals surface area contributed by atoms with E-state index in [-0.39, 0.29) is 28.8 Å². The number of nitro benzene ring substituents is 1. The van der Waals surface area contributed by atoms with Crippen molar-refractivity contribution < 1.29 is 19.2 Å². The third kappa shape index (κ3) is 4.17. The summed E-state index contributed by atoms with van der Waals surface area (Å²) in [5, 5.41) is 11.1. The number of nitro groups is 1. The normalized spacial score (nSPS) is 16.2. The van der Waals surface area contributed by atoms with Gasteiger partial charge in [0.2, 0.25) is 0 Å². The zero-order valence-corrected chi connectivity index (χ0v) is 15.0. The molecule has 1 aliphatic heterocycles. The smallest absolute Gasteiger partial charge is 0.270 e. The summed E-state index contributed by atoms with van der Waals surface area (Å²) in [5.74, 6) is 1.40. The van der Waals surface area contributed by atoms with Gasteiger partial charge in [-0.05, 0) is 49.2 Å². The average molecular weight is 371 g/mol. The van der Waals surface area contributed by atoms with Crippen molar-refractivity contribution in [3.05, 3.63) is 58.1 Å². The van der Waals surface area contributed by atoms with Gasteiger partial charge >= 0.3 is 0 Å².